The highest BCUT2D eigenvalue weighted by Crippen LogP contribution is 2.39. The van der Waals surface area contributed by atoms with Crippen LogP contribution in [0.15, 0.2) is 18.5 Å². The summed E-state index contributed by atoms with van der Waals surface area (Å²) >= 11 is 5.99. The van der Waals surface area contributed by atoms with Crippen LogP contribution in [0.25, 0.3) is 0 Å². The number of halogens is 1. The molecular formula is C13H15ClN4O. The van der Waals surface area contributed by atoms with Gasteiger partial charge in [0.25, 0.3) is 0 Å². The van der Waals surface area contributed by atoms with Crippen molar-refractivity contribution in [3.05, 3.63) is 29.4 Å². The molecule has 2 aromatic heterocycles. The molecule has 0 aliphatic heterocycles. The van der Waals surface area contributed by atoms with Crippen molar-refractivity contribution >= 4 is 11.6 Å². The molecule has 0 N–H and O–H groups in total. The molecule has 0 amide bonds. The maximum Gasteiger partial charge on any atom is 0.224 e. The summed E-state index contributed by atoms with van der Waals surface area (Å²) in [6, 6.07) is 1.92. The predicted molar refractivity (Wildman–Crippen MR) is 71.7 cm³/mol. The Labute approximate surface area is 116 Å². The largest absolute Gasteiger partial charge is 0.436 e. The van der Waals surface area contributed by atoms with Gasteiger partial charge in [-0.3, -0.25) is 4.68 Å². The fraction of sp³-hybridized carbons (Fsp3) is 0.462. The third-order valence-corrected chi connectivity index (χ3v) is 3.15. The van der Waals surface area contributed by atoms with Crippen molar-refractivity contribution in [3.63, 3.8) is 0 Å². The van der Waals surface area contributed by atoms with E-state index in [2.05, 4.69) is 28.9 Å². The van der Waals surface area contributed by atoms with Crippen LogP contribution in [0.1, 0.15) is 44.5 Å². The first-order valence-electron chi connectivity index (χ1n) is 6.38. The standard InChI is InChI=1S/C13H15ClN4O/c1-8(2)18-7-10(6-15-18)19-12-5-11(14)16-13(17-12)9-3-4-9/h5-9H,3-4H2,1-2H3. The van der Waals surface area contributed by atoms with Crippen LogP contribution in [-0.4, -0.2) is 19.7 Å². The van der Waals surface area contributed by atoms with Crippen molar-refractivity contribution in [2.24, 2.45) is 0 Å². The number of hydrogen-bond donors (Lipinski definition) is 0. The van der Waals surface area contributed by atoms with Gasteiger partial charge in [0.2, 0.25) is 5.88 Å². The Hall–Kier alpha value is -1.62. The van der Waals surface area contributed by atoms with Crippen LogP contribution in [0.4, 0.5) is 0 Å². The smallest absolute Gasteiger partial charge is 0.224 e. The number of rotatable bonds is 4. The molecule has 0 aromatic carbocycles. The molecule has 0 radical (unpaired) electrons. The van der Waals surface area contributed by atoms with Gasteiger partial charge in [-0.05, 0) is 26.7 Å². The van der Waals surface area contributed by atoms with E-state index in [0.29, 0.717) is 28.7 Å². The molecule has 0 saturated heterocycles. The molecule has 19 heavy (non-hydrogen) atoms. The first kappa shape index (κ1) is 12.4. The zero-order valence-corrected chi connectivity index (χ0v) is 11.6. The Morgan fingerprint density at radius 1 is 1.37 bits per heavy atom. The van der Waals surface area contributed by atoms with Gasteiger partial charge in [-0.25, -0.2) is 4.98 Å². The van der Waals surface area contributed by atoms with Gasteiger partial charge in [0.05, 0.1) is 12.4 Å². The summed E-state index contributed by atoms with van der Waals surface area (Å²) in [5, 5.41) is 4.64. The molecule has 2 aromatic rings. The zero-order valence-electron chi connectivity index (χ0n) is 10.9. The molecule has 6 heteroatoms. The maximum atomic E-state index is 5.99. The van der Waals surface area contributed by atoms with Gasteiger partial charge in [-0.1, -0.05) is 11.6 Å². The summed E-state index contributed by atoms with van der Waals surface area (Å²) < 4.78 is 7.52. The molecule has 0 atom stereocenters. The molecular weight excluding hydrogens is 264 g/mol. The van der Waals surface area contributed by atoms with Crippen LogP contribution in [0.5, 0.6) is 11.6 Å². The first-order chi connectivity index (χ1) is 9.11. The Balaban J connectivity index is 1.81. The quantitative estimate of drug-likeness (QED) is 0.802. The van der Waals surface area contributed by atoms with Gasteiger partial charge in [0, 0.05) is 18.0 Å². The van der Waals surface area contributed by atoms with Gasteiger partial charge in [0.1, 0.15) is 11.0 Å². The summed E-state index contributed by atoms with van der Waals surface area (Å²) in [6.07, 6.45) is 5.78. The van der Waals surface area contributed by atoms with Gasteiger partial charge < -0.3 is 4.74 Å². The zero-order chi connectivity index (χ0) is 13.4. The fourth-order valence-corrected chi connectivity index (χ4v) is 1.95. The van der Waals surface area contributed by atoms with E-state index >= 15 is 0 Å². The maximum absolute atomic E-state index is 5.99. The molecule has 5 nitrogen and oxygen atoms in total. The third kappa shape index (κ3) is 2.87. The molecule has 0 bridgehead atoms. The minimum Gasteiger partial charge on any atom is -0.436 e. The lowest BCUT2D eigenvalue weighted by molar-refractivity contribution is 0.455. The van der Waals surface area contributed by atoms with Gasteiger partial charge in [-0.15, -0.1) is 0 Å². The monoisotopic (exact) mass is 278 g/mol. The molecule has 2 heterocycles. The van der Waals surface area contributed by atoms with Crippen LogP contribution in [-0.2, 0) is 0 Å². The van der Waals surface area contributed by atoms with Crippen LogP contribution in [0, 0.1) is 0 Å². The van der Waals surface area contributed by atoms with E-state index < -0.39 is 0 Å². The number of hydrogen-bond acceptors (Lipinski definition) is 4. The Kier molecular flexibility index (Phi) is 3.14. The summed E-state index contributed by atoms with van der Waals surface area (Å²) in [4.78, 5) is 8.61. The van der Waals surface area contributed by atoms with Crippen molar-refractivity contribution in [1.82, 2.24) is 19.7 Å². The van der Waals surface area contributed by atoms with Crippen molar-refractivity contribution in [1.29, 1.82) is 0 Å². The van der Waals surface area contributed by atoms with Crippen LogP contribution >= 0.6 is 11.6 Å². The van der Waals surface area contributed by atoms with E-state index in [4.69, 9.17) is 16.3 Å². The summed E-state index contributed by atoms with van der Waals surface area (Å²) in [6.45, 7) is 4.12. The third-order valence-electron chi connectivity index (χ3n) is 2.96. The van der Waals surface area contributed by atoms with Gasteiger partial charge in [-0.2, -0.15) is 10.1 Å². The highest BCUT2D eigenvalue weighted by atomic mass is 35.5. The number of nitrogens with zero attached hydrogens (tertiary/aromatic N) is 4. The van der Waals surface area contributed by atoms with E-state index in [9.17, 15) is 0 Å². The lowest BCUT2D eigenvalue weighted by atomic mass is 10.4. The summed E-state index contributed by atoms with van der Waals surface area (Å²) in [5.41, 5.74) is 0. The Morgan fingerprint density at radius 2 is 2.16 bits per heavy atom. The van der Waals surface area contributed by atoms with Crippen molar-refractivity contribution in [2.75, 3.05) is 0 Å². The SMILES string of the molecule is CC(C)n1cc(Oc2cc(Cl)nc(C3CC3)n2)cn1. The second-order valence-electron chi connectivity index (χ2n) is 5.01. The first-order valence-corrected chi connectivity index (χ1v) is 6.76. The van der Waals surface area contributed by atoms with E-state index in [0.717, 1.165) is 18.7 Å². The highest BCUT2D eigenvalue weighted by molar-refractivity contribution is 6.29. The molecule has 0 unspecified atom stereocenters. The molecule has 0 spiro atoms. The van der Waals surface area contributed by atoms with E-state index in [1.54, 1.807) is 12.3 Å². The molecule has 1 fully saturated rings. The Morgan fingerprint density at radius 3 is 2.79 bits per heavy atom. The molecule has 1 aliphatic rings. The highest BCUT2D eigenvalue weighted by Gasteiger charge is 2.27. The van der Waals surface area contributed by atoms with Gasteiger partial charge in [0.15, 0.2) is 5.75 Å². The Bertz CT molecular complexity index is 592. The van der Waals surface area contributed by atoms with E-state index in [-0.39, 0.29) is 0 Å². The minimum atomic E-state index is 0.299. The van der Waals surface area contributed by atoms with Crippen molar-refractivity contribution in [2.45, 2.75) is 38.6 Å². The summed E-state index contributed by atoms with van der Waals surface area (Å²) in [7, 11) is 0. The lowest BCUT2D eigenvalue weighted by Crippen LogP contribution is -2.00. The fourth-order valence-electron chi connectivity index (χ4n) is 1.77. The van der Waals surface area contributed by atoms with Crippen LogP contribution in [0.2, 0.25) is 5.15 Å². The van der Waals surface area contributed by atoms with E-state index in [1.807, 2.05) is 10.9 Å². The van der Waals surface area contributed by atoms with Gasteiger partial charge >= 0.3 is 0 Å². The van der Waals surface area contributed by atoms with Crippen molar-refractivity contribution < 1.29 is 4.74 Å². The average molecular weight is 279 g/mol. The van der Waals surface area contributed by atoms with Crippen LogP contribution in [0.3, 0.4) is 0 Å². The number of ether oxygens (including phenoxy) is 1. The molecule has 1 saturated carbocycles. The predicted octanol–water partition coefficient (Wildman–Crippen LogP) is 3.58. The topological polar surface area (TPSA) is 52.8 Å². The molecule has 1 aliphatic carbocycles. The minimum absolute atomic E-state index is 0.299. The molecule has 3 rings (SSSR count). The van der Waals surface area contributed by atoms with Crippen molar-refractivity contribution in [3.8, 4) is 11.6 Å². The lowest BCUT2D eigenvalue weighted by Gasteiger charge is -2.05. The van der Waals surface area contributed by atoms with Crippen LogP contribution < -0.4 is 4.74 Å². The summed E-state index contributed by atoms with van der Waals surface area (Å²) in [5.74, 6) is 2.36. The number of aromatic nitrogens is 4. The molecule has 100 valence electrons. The second kappa shape index (κ2) is 4.81. The average Bonchev–Trinajstić information content (AvgIpc) is 3.09. The normalized spacial score (nSPS) is 14.9. The van der Waals surface area contributed by atoms with E-state index in [1.165, 1.54) is 0 Å². The second-order valence-corrected chi connectivity index (χ2v) is 5.40.